The topological polar surface area (TPSA) is 80.8 Å². The molecule has 0 amide bonds. The molecule has 0 aromatic heterocycles. The van der Waals surface area contributed by atoms with Gasteiger partial charge in [-0.15, -0.1) is 0 Å². The smallest absolute Gasteiger partial charge is 0.306 e. The van der Waals surface area contributed by atoms with Crippen molar-refractivity contribution in [2.75, 3.05) is 14.1 Å². The van der Waals surface area contributed by atoms with E-state index in [4.69, 9.17) is 4.74 Å². The first-order valence-corrected chi connectivity index (χ1v) is 9.60. The van der Waals surface area contributed by atoms with Crippen molar-refractivity contribution in [1.82, 2.24) is 4.31 Å². The molecule has 0 radical (unpaired) electrons. The maximum absolute atomic E-state index is 12.8. The van der Waals surface area contributed by atoms with Crippen LogP contribution in [0.5, 0.6) is 0 Å². The predicted molar refractivity (Wildman–Crippen MR) is 97.1 cm³/mol. The Kier molecular flexibility index (Phi) is 6.81. The molecule has 0 fully saturated rings. The Bertz CT molecular complexity index is 923. The first kappa shape index (κ1) is 20.7. The van der Waals surface area contributed by atoms with E-state index in [1.807, 2.05) is 0 Å². The summed E-state index contributed by atoms with van der Waals surface area (Å²) in [5.41, 5.74) is 0.849. The summed E-state index contributed by atoms with van der Waals surface area (Å²) in [4.78, 5) is 23.9. The molecule has 0 aliphatic heterocycles. The van der Waals surface area contributed by atoms with Crippen LogP contribution in [0.25, 0.3) is 0 Å². The fourth-order valence-electron chi connectivity index (χ4n) is 2.24. The molecule has 0 unspecified atom stereocenters. The van der Waals surface area contributed by atoms with Crippen molar-refractivity contribution in [1.29, 1.82) is 0 Å². The second-order valence-corrected chi connectivity index (χ2v) is 8.18. The van der Waals surface area contributed by atoms with Crippen LogP contribution < -0.4 is 0 Å². The number of halogens is 1. The van der Waals surface area contributed by atoms with Crippen LogP contribution in [0.15, 0.2) is 53.4 Å². The van der Waals surface area contributed by atoms with Crippen molar-refractivity contribution in [2.45, 2.75) is 24.3 Å². The Morgan fingerprint density at radius 1 is 1.04 bits per heavy atom. The monoisotopic (exact) mass is 393 g/mol. The van der Waals surface area contributed by atoms with E-state index >= 15 is 0 Å². The van der Waals surface area contributed by atoms with Gasteiger partial charge in [0.1, 0.15) is 12.4 Å². The van der Waals surface area contributed by atoms with Gasteiger partial charge in [-0.25, -0.2) is 17.1 Å². The van der Waals surface area contributed by atoms with Crippen LogP contribution in [0.3, 0.4) is 0 Å². The summed E-state index contributed by atoms with van der Waals surface area (Å²) >= 11 is 0. The summed E-state index contributed by atoms with van der Waals surface area (Å²) in [6.45, 7) is -0.0969. The first-order valence-electron chi connectivity index (χ1n) is 8.16. The minimum absolute atomic E-state index is 0.0560. The average molecular weight is 393 g/mol. The Morgan fingerprint density at radius 2 is 1.70 bits per heavy atom. The van der Waals surface area contributed by atoms with Crippen molar-refractivity contribution in [3.63, 3.8) is 0 Å². The van der Waals surface area contributed by atoms with Crippen LogP contribution >= 0.6 is 0 Å². The van der Waals surface area contributed by atoms with Crippen molar-refractivity contribution in [2.24, 2.45) is 0 Å². The van der Waals surface area contributed by atoms with E-state index in [0.29, 0.717) is 11.1 Å². The molecule has 6 nitrogen and oxygen atoms in total. The minimum Gasteiger partial charge on any atom is -0.461 e. The third-order valence-corrected chi connectivity index (χ3v) is 5.61. The summed E-state index contributed by atoms with van der Waals surface area (Å²) in [7, 11) is -0.710. The van der Waals surface area contributed by atoms with E-state index in [1.165, 1.54) is 50.5 Å². The number of esters is 1. The molecule has 0 atom stereocenters. The number of sulfonamides is 1. The van der Waals surface area contributed by atoms with Crippen molar-refractivity contribution in [3.05, 3.63) is 65.5 Å². The van der Waals surface area contributed by atoms with Gasteiger partial charge < -0.3 is 4.74 Å². The molecular formula is C19H20FNO5S. The number of benzene rings is 2. The standard InChI is InChI=1S/C19H20FNO5S/c1-21(2)27(24,25)17-5-3-4-14(12-17)13-26-19(23)11-10-18(22)15-6-8-16(20)9-7-15/h3-9,12H,10-11,13H2,1-2H3. The average Bonchev–Trinajstić information content (AvgIpc) is 2.65. The SMILES string of the molecule is CN(C)S(=O)(=O)c1cccc(COC(=O)CCC(=O)c2ccc(F)cc2)c1. The lowest BCUT2D eigenvalue weighted by Crippen LogP contribution is -2.22. The lowest BCUT2D eigenvalue weighted by molar-refractivity contribution is -0.144. The molecule has 0 saturated heterocycles. The molecule has 0 spiro atoms. The van der Waals surface area contributed by atoms with Gasteiger partial charge in [-0.2, -0.15) is 0 Å². The Morgan fingerprint density at radius 3 is 2.33 bits per heavy atom. The zero-order chi connectivity index (χ0) is 20.0. The molecule has 2 aromatic rings. The lowest BCUT2D eigenvalue weighted by atomic mass is 10.1. The summed E-state index contributed by atoms with van der Waals surface area (Å²) in [5.74, 6) is -1.30. The van der Waals surface area contributed by atoms with E-state index in [-0.39, 0.29) is 30.1 Å². The van der Waals surface area contributed by atoms with Crippen LogP contribution in [0.2, 0.25) is 0 Å². The Hall–Kier alpha value is -2.58. The van der Waals surface area contributed by atoms with Gasteiger partial charge in [-0.1, -0.05) is 12.1 Å². The fourth-order valence-corrected chi connectivity index (χ4v) is 3.21. The largest absolute Gasteiger partial charge is 0.461 e. The molecule has 2 aromatic carbocycles. The second kappa shape index (κ2) is 8.88. The number of hydrogen-bond donors (Lipinski definition) is 0. The van der Waals surface area contributed by atoms with Crippen LogP contribution in [-0.2, 0) is 26.2 Å². The zero-order valence-electron chi connectivity index (χ0n) is 15.0. The molecule has 27 heavy (non-hydrogen) atoms. The molecule has 0 aliphatic rings. The number of hydrogen-bond acceptors (Lipinski definition) is 5. The third kappa shape index (κ3) is 5.70. The number of rotatable bonds is 8. The number of carbonyl (C=O) groups excluding carboxylic acids is 2. The zero-order valence-corrected chi connectivity index (χ0v) is 15.8. The molecule has 2 rings (SSSR count). The number of carbonyl (C=O) groups is 2. The van der Waals surface area contributed by atoms with E-state index in [9.17, 15) is 22.4 Å². The van der Waals surface area contributed by atoms with Gasteiger partial charge >= 0.3 is 5.97 Å². The highest BCUT2D eigenvalue weighted by Gasteiger charge is 2.17. The minimum atomic E-state index is -3.57. The summed E-state index contributed by atoms with van der Waals surface area (Å²) < 4.78 is 43.3. The maximum atomic E-state index is 12.8. The van der Waals surface area contributed by atoms with Crippen molar-refractivity contribution >= 4 is 21.8 Å². The van der Waals surface area contributed by atoms with E-state index < -0.39 is 21.8 Å². The van der Waals surface area contributed by atoms with Crippen LogP contribution in [0, 0.1) is 5.82 Å². The van der Waals surface area contributed by atoms with Gasteiger partial charge in [0.25, 0.3) is 0 Å². The number of nitrogens with zero attached hydrogens (tertiary/aromatic N) is 1. The quantitative estimate of drug-likeness (QED) is 0.509. The fraction of sp³-hybridized carbons (Fsp3) is 0.263. The Labute approximate surface area is 157 Å². The highest BCUT2D eigenvalue weighted by molar-refractivity contribution is 7.89. The van der Waals surface area contributed by atoms with Gasteiger partial charge in [0.2, 0.25) is 10.0 Å². The number of ether oxygens (including phenoxy) is 1. The first-order chi connectivity index (χ1) is 12.7. The molecule has 8 heteroatoms. The van der Waals surface area contributed by atoms with Gasteiger partial charge in [0.15, 0.2) is 5.78 Å². The predicted octanol–water partition coefficient (Wildman–Crippen LogP) is 2.78. The molecule has 144 valence electrons. The third-order valence-electron chi connectivity index (χ3n) is 3.80. The number of ketones is 1. The highest BCUT2D eigenvalue weighted by Crippen LogP contribution is 2.16. The molecule has 0 N–H and O–H groups in total. The Balaban J connectivity index is 1.89. The molecule has 0 heterocycles. The maximum Gasteiger partial charge on any atom is 0.306 e. The summed E-state index contributed by atoms with van der Waals surface area (Å²) in [6, 6.07) is 11.2. The summed E-state index contributed by atoms with van der Waals surface area (Å²) in [5, 5.41) is 0. The van der Waals surface area contributed by atoms with Crippen LogP contribution in [0.1, 0.15) is 28.8 Å². The lowest BCUT2D eigenvalue weighted by Gasteiger charge is -2.12. The number of Topliss-reactive ketones (excluding diaryl/α,β-unsaturated/α-hetero) is 1. The highest BCUT2D eigenvalue weighted by atomic mass is 32.2. The van der Waals surface area contributed by atoms with E-state index in [1.54, 1.807) is 12.1 Å². The van der Waals surface area contributed by atoms with Crippen molar-refractivity contribution < 1.29 is 27.1 Å². The van der Waals surface area contributed by atoms with E-state index in [2.05, 4.69) is 0 Å². The summed E-state index contributed by atoms with van der Waals surface area (Å²) in [6.07, 6.45) is -0.175. The van der Waals surface area contributed by atoms with Gasteiger partial charge in [-0.3, -0.25) is 9.59 Å². The molecule has 0 aliphatic carbocycles. The van der Waals surface area contributed by atoms with Crippen LogP contribution in [-0.4, -0.2) is 38.6 Å². The van der Waals surface area contributed by atoms with Gasteiger partial charge in [-0.05, 0) is 42.0 Å². The molecule has 0 saturated carbocycles. The second-order valence-electron chi connectivity index (χ2n) is 6.03. The van der Waals surface area contributed by atoms with Crippen LogP contribution in [0.4, 0.5) is 4.39 Å². The molecular weight excluding hydrogens is 373 g/mol. The van der Waals surface area contributed by atoms with Gasteiger partial charge in [0.05, 0.1) is 11.3 Å². The molecule has 0 bridgehead atoms. The van der Waals surface area contributed by atoms with Gasteiger partial charge in [0, 0.05) is 26.1 Å². The van der Waals surface area contributed by atoms with E-state index in [0.717, 1.165) is 4.31 Å². The van der Waals surface area contributed by atoms with Crippen molar-refractivity contribution in [3.8, 4) is 0 Å². The normalized spacial score (nSPS) is 11.4.